The average molecular weight is 623 g/mol. The lowest BCUT2D eigenvalue weighted by Crippen LogP contribution is -2.78. The molecule has 0 N–H and O–H groups in total. The third-order valence-corrected chi connectivity index (χ3v) is 10.5. The molecule has 3 saturated heterocycles. The maximum Gasteiger partial charge on any atom is 0.419 e. The number of fused-ring (bicyclic) bond motifs is 1. The number of para-hydroxylation sites is 1. The predicted octanol–water partition coefficient (Wildman–Crippen LogP) is 6.08. The van der Waals surface area contributed by atoms with Crippen molar-refractivity contribution in [1.82, 2.24) is 13.8 Å². The molecule has 0 unspecified atom stereocenters. The molecule has 0 atom stereocenters. The molecule has 0 saturated carbocycles. The second kappa shape index (κ2) is 10.5. The Balaban J connectivity index is 1.40. The lowest BCUT2D eigenvalue weighted by molar-refractivity contribution is -0.0781. The van der Waals surface area contributed by atoms with Crippen molar-refractivity contribution < 1.29 is 27.5 Å². The number of rotatable bonds is 4. The van der Waals surface area contributed by atoms with Gasteiger partial charge < -0.3 is 19.3 Å². The van der Waals surface area contributed by atoms with Gasteiger partial charge in [0.05, 0.1) is 21.6 Å². The highest BCUT2D eigenvalue weighted by molar-refractivity contribution is 7.89. The minimum Gasteiger partial charge on any atom is -0.444 e. The fraction of sp³-hybridized carbons (Fsp3) is 0.515. The summed E-state index contributed by atoms with van der Waals surface area (Å²) in [5.74, 6) is 0. The summed E-state index contributed by atoms with van der Waals surface area (Å²) in [6.45, 7) is 13.6. The summed E-state index contributed by atoms with van der Waals surface area (Å²) in [4.78, 5) is 30.2. The molecule has 0 bridgehead atoms. The highest BCUT2D eigenvalue weighted by Gasteiger charge is 2.60. The van der Waals surface area contributed by atoms with E-state index in [1.54, 1.807) is 21.6 Å². The van der Waals surface area contributed by atoms with Crippen molar-refractivity contribution in [1.29, 1.82) is 0 Å². The quantitative estimate of drug-likeness (QED) is 0.348. The summed E-state index contributed by atoms with van der Waals surface area (Å²) >= 11 is 0. The van der Waals surface area contributed by atoms with Gasteiger partial charge in [-0.05, 0) is 91.1 Å². The fourth-order valence-corrected chi connectivity index (χ4v) is 8.24. The standard InChI is InChI=1S/C33H42N4O6S/c1-31(2,3)42-29(38)35-21-33(22-35)15-18-36(33)44(40,41)24-13-14-27(34-16-9-10-17-34)25(20-24)28-19-23-11-7-8-12-26(23)37(28)30(39)43-32(4,5)6/h7-8,11-14,19-20H,9-10,15-18,21-22H2,1-6H3. The van der Waals surface area contributed by atoms with Gasteiger partial charge in [0.15, 0.2) is 0 Å². The number of carbonyl (C=O) groups excluding carboxylic acids is 2. The van der Waals surface area contributed by atoms with Gasteiger partial charge in [-0.3, -0.25) is 0 Å². The Morgan fingerprint density at radius 1 is 0.818 bits per heavy atom. The van der Waals surface area contributed by atoms with Gasteiger partial charge in [0.2, 0.25) is 10.0 Å². The minimum atomic E-state index is -3.91. The van der Waals surface area contributed by atoms with Gasteiger partial charge in [-0.25, -0.2) is 22.6 Å². The van der Waals surface area contributed by atoms with E-state index in [1.807, 2.05) is 77.9 Å². The molecule has 0 radical (unpaired) electrons. The number of carbonyl (C=O) groups is 2. The zero-order valence-corrected chi connectivity index (χ0v) is 27.2. The molecule has 3 fully saturated rings. The first-order valence-electron chi connectivity index (χ1n) is 15.3. The van der Waals surface area contributed by atoms with Gasteiger partial charge >= 0.3 is 12.2 Å². The molecule has 3 aromatic rings. The zero-order chi connectivity index (χ0) is 31.7. The second-order valence-corrected chi connectivity index (χ2v) is 16.0. The largest absolute Gasteiger partial charge is 0.444 e. The number of ether oxygens (including phenoxy) is 2. The highest BCUT2D eigenvalue weighted by atomic mass is 32.2. The van der Waals surface area contributed by atoms with Crippen LogP contribution in [0.15, 0.2) is 53.4 Å². The molecule has 236 valence electrons. The molecular formula is C33H42N4O6S. The molecule has 3 aliphatic rings. The number of aromatic nitrogens is 1. The molecule has 2 aromatic carbocycles. The van der Waals surface area contributed by atoms with E-state index < -0.39 is 39.0 Å². The van der Waals surface area contributed by atoms with Crippen LogP contribution < -0.4 is 4.90 Å². The van der Waals surface area contributed by atoms with Gasteiger partial charge in [0.25, 0.3) is 0 Å². The van der Waals surface area contributed by atoms with Crippen molar-refractivity contribution in [2.75, 3.05) is 37.6 Å². The lowest BCUT2D eigenvalue weighted by atomic mass is 9.80. The van der Waals surface area contributed by atoms with Crippen molar-refractivity contribution in [3.8, 4) is 11.3 Å². The molecule has 1 aromatic heterocycles. The van der Waals surface area contributed by atoms with Crippen molar-refractivity contribution in [3.05, 3.63) is 48.5 Å². The summed E-state index contributed by atoms with van der Waals surface area (Å²) in [6.07, 6.45) is 1.81. The highest BCUT2D eigenvalue weighted by Crippen LogP contribution is 2.45. The Morgan fingerprint density at radius 3 is 2.07 bits per heavy atom. The Kier molecular flexibility index (Phi) is 7.28. The smallest absolute Gasteiger partial charge is 0.419 e. The van der Waals surface area contributed by atoms with Gasteiger partial charge in [-0.15, -0.1) is 0 Å². The number of hydrogen-bond donors (Lipinski definition) is 0. The van der Waals surface area contributed by atoms with E-state index in [-0.39, 0.29) is 4.90 Å². The van der Waals surface area contributed by atoms with Crippen molar-refractivity contribution in [2.24, 2.45) is 0 Å². The Labute approximate surface area is 259 Å². The summed E-state index contributed by atoms with van der Waals surface area (Å²) in [6, 6.07) is 14.8. The van der Waals surface area contributed by atoms with Crippen LogP contribution in [-0.4, -0.2) is 83.8 Å². The van der Waals surface area contributed by atoms with E-state index in [1.165, 1.54) is 4.31 Å². The molecular weight excluding hydrogens is 580 g/mol. The lowest BCUT2D eigenvalue weighted by Gasteiger charge is -2.60. The normalized spacial score (nSPS) is 18.8. The molecule has 6 rings (SSSR count). The van der Waals surface area contributed by atoms with Crippen LogP contribution >= 0.6 is 0 Å². The molecule has 10 nitrogen and oxygen atoms in total. The van der Waals surface area contributed by atoms with Crippen LogP contribution in [0.25, 0.3) is 22.2 Å². The van der Waals surface area contributed by atoms with E-state index in [0.717, 1.165) is 37.0 Å². The van der Waals surface area contributed by atoms with Crippen LogP contribution in [-0.2, 0) is 19.5 Å². The van der Waals surface area contributed by atoms with Gasteiger partial charge in [-0.1, -0.05) is 18.2 Å². The number of hydrogen-bond acceptors (Lipinski definition) is 7. The van der Waals surface area contributed by atoms with E-state index in [0.29, 0.717) is 42.8 Å². The number of likely N-dealkylation sites (tertiary alicyclic amines) is 1. The Morgan fingerprint density at radius 2 is 1.45 bits per heavy atom. The van der Waals surface area contributed by atoms with Gasteiger partial charge in [-0.2, -0.15) is 4.31 Å². The summed E-state index contributed by atoms with van der Waals surface area (Å²) in [5.41, 5.74) is 0.842. The topological polar surface area (TPSA) is 101 Å². The zero-order valence-electron chi connectivity index (χ0n) is 26.4. The van der Waals surface area contributed by atoms with Crippen molar-refractivity contribution in [3.63, 3.8) is 0 Å². The second-order valence-electron chi connectivity index (χ2n) is 14.2. The monoisotopic (exact) mass is 622 g/mol. The SMILES string of the molecule is CC(C)(C)OC(=O)N1CC2(CCN2S(=O)(=O)c2ccc(N3CCCC3)c(-c3cc4ccccc4n3C(=O)OC(C)(C)C)c2)C1. The molecule has 1 amide bonds. The van der Waals surface area contributed by atoms with Gasteiger partial charge in [0.1, 0.15) is 11.2 Å². The summed E-state index contributed by atoms with van der Waals surface area (Å²) < 4.78 is 42.8. The number of anilines is 1. The number of amides is 1. The Hall–Kier alpha value is -3.57. The molecule has 4 heterocycles. The Bertz CT molecular complexity index is 1720. The first-order valence-corrected chi connectivity index (χ1v) is 16.8. The molecule has 11 heteroatoms. The summed E-state index contributed by atoms with van der Waals surface area (Å²) in [5, 5.41) is 0.854. The van der Waals surface area contributed by atoms with Crippen LogP contribution in [0.4, 0.5) is 15.3 Å². The maximum atomic E-state index is 14.2. The molecule has 0 aliphatic carbocycles. The van der Waals surface area contributed by atoms with E-state index in [2.05, 4.69) is 4.90 Å². The molecule has 3 aliphatic heterocycles. The van der Waals surface area contributed by atoms with Crippen LogP contribution in [0, 0.1) is 0 Å². The maximum absolute atomic E-state index is 14.2. The van der Waals surface area contributed by atoms with E-state index >= 15 is 0 Å². The van der Waals surface area contributed by atoms with Crippen molar-refractivity contribution in [2.45, 2.75) is 82.4 Å². The van der Waals surface area contributed by atoms with Crippen LogP contribution in [0.5, 0.6) is 0 Å². The van der Waals surface area contributed by atoms with Crippen LogP contribution in [0.1, 0.15) is 60.8 Å². The van der Waals surface area contributed by atoms with E-state index in [9.17, 15) is 18.0 Å². The third-order valence-electron chi connectivity index (χ3n) is 8.50. The number of nitrogens with zero attached hydrogens (tertiary/aromatic N) is 4. The molecule has 44 heavy (non-hydrogen) atoms. The fourth-order valence-electron chi connectivity index (χ4n) is 6.43. The first kappa shape index (κ1) is 30.5. The minimum absolute atomic E-state index is 0.159. The van der Waals surface area contributed by atoms with Gasteiger partial charge in [0, 0.05) is 49.4 Å². The summed E-state index contributed by atoms with van der Waals surface area (Å²) in [7, 11) is -3.91. The van der Waals surface area contributed by atoms with E-state index in [4.69, 9.17) is 9.47 Å². The third kappa shape index (κ3) is 5.45. The van der Waals surface area contributed by atoms with Crippen LogP contribution in [0.2, 0.25) is 0 Å². The predicted molar refractivity (Wildman–Crippen MR) is 169 cm³/mol. The number of sulfonamides is 1. The van der Waals surface area contributed by atoms with Crippen molar-refractivity contribution >= 4 is 38.8 Å². The number of benzene rings is 2. The first-order chi connectivity index (χ1) is 20.6. The molecule has 1 spiro atoms. The van der Waals surface area contributed by atoms with Crippen LogP contribution in [0.3, 0.4) is 0 Å². The average Bonchev–Trinajstić information content (AvgIpc) is 3.53.